The number of alkyl halides is 3. The van der Waals surface area contributed by atoms with Gasteiger partial charge in [0.1, 0.15) is 0 Å². The van der Waals surface area contributed by atoms with E-state index in [0.29, 0.717) is 16.9 Å². The van der Waals surface area contributed by atoms with E-state index in [2.05, 4.69) is 15.4 Å². The van der Waals surface area contributed by atoms with Crippen molar-refractivity contribution in [2.45, 2.75) is 33.0 Å². The van der Waals surface area contributed by atoms with Crippen LogP contribution in [0.3, 0.4) is 0 Å². The van der Waals surface area contributed by atoms with Crippen LogP contribution in [-0.2, 0) is 6.18 Å². The molecule has 0 unspecified atom stereocenters. The van der Waals surface area contributed by atoms with Gasteiger partial charge in [0.05, 0.1) is 23.5 Å². The van der Waals surface area contributed by atoms with E-state index in [1.165, 1.54) is 41.0 Å². The Bertz CT molecular complexity index is 1220. The molecule has 7 nitrogen and oxygen atoms in total. The van der Waals surface area contributed by atoms with Crippen LogP contribution in [0.4, 0.5) is 24.5 Å². The van der Waals surface area contributed by atoms with E-state index >= 15 is 0 Å². The van der Waals surface area contributed by atoms with E-state index in [-0.39, 0.29) is 29.5 Å². The standard InChI is InChI=1S/C22H20F3N5O2/c1-12-8-16(4-5-17(12)22(23,24)25)29-11-14(3)30-19(21(29)32)18(10-27-30)28-20(31)15-6-7-26-13(2)9-15/h4-10,14H,11H2,1-3H3,(H,28,31)/t14-/m0/s1. The van der Waals surface area contributed by atoms with E-state index in [0.717, 1.165) is 6.07 Å². The molecule has 0 radical (unpaired) electrons. The van der Waals surface area contributed by atoms with Gasteiger partial charge in [0.25, 0.3) is 11.8 Å². The molecule has 166 valence electrons. The van der Waals surface area contributed by atoms with Gasteiger partial charge in [0.2, 0.25) is 0 Å². The van der Waals surface area contributed by atoms with Crippen molar-refractivity contribution in [3.05, 3.63) is 70.8 Å². The molecule has 0 spiro atoms. The van der Waals surface area contributed by atoms with Crippen molar-refractivity contribution >= 4 is 23.2 Å². The number of nitrogens with one attached hydrogen (secondary N) is 1. The normalized spacial score (nSPS) is 16.1. The molecule has 3 aromatic rings. The first kappa shape index (κ1) is 21.5. The van der Waals surface area contributed by atoms with E-state index in [9.17, 15) is 22.8 Å². The fraction of sp³-hybridized carbons (Fsp3) is 0.273. The first-order valence-electron chi connectivity index (χ1n) is 9.87. The molecule has 2 aromatic heterocycles. The lowest BCUT2D eigenvalue weighted by Crippen LogP contribution is -2.43. The number of carbonyl (C=O) groups is 2. The Kier molecular flexibility index (Phi) is 5.23. The van der Waals surface area contributed by atoms with Crippen molar-refractivity contribution < 1.29 is 22.8 Å². The van der Waals surface area contributed by atoms with Gasteiger partial charge in [-0.2, -0.15) is 18.3 Å². The topological polar surface area (TPSA) is 80.1 Å². The molecule has 0 saturated heterocycles. The van der Waals surface area contributed by atoms with Gasteiger partial charge in [0, 0.05) is 29.7 Å². The SMILES string of the molecule is Cc1cc(C(=O)Nc2cnn3c2C(=O)N(c2ccc(C(F)(F)F)c(C)c2)C[C@@H]3C)ccn1. The average molecular weight is 443 g/mol. The third-order valence-electron chi connectivity index (χ3n) is 5.34. The van der Waals surface area contributed by atoms with Crippen LogP contribution in [0, 0.1) is 13.8 Å². The monoisotopic (exact) mass is 443 g/mol. The van der Waals surface area contributed by atoms with Crippen LogP contribution < -0.4 is 10.2 Å². The number of rotatable bonds is 3. The number of aromatic nitrogens is 3. The predicted molar refractivity (Wildman–Crippen MR) is 112 cm³/mol. The van der Waals surface area contributed by atoms with Gasteiger partial charge in [-0.3, -0.25) is 19.3 Å². The number of hydrogen-bond donors (Lipinski definition) is 1. The second-order valence-electron chi connectivity index (χ2n) is 7.75. The van der Waals surface area contributed by atoms with Crippen LogP contribution in [0.25, 0.3) is 0 Å². The quantitative estimate of drug-likeness (QED) is 0.651. The van der Waals surface area contributed by atoms with E-state index in [1.54, 1.807) is 19.1 Å². The molecule has 3 heterocycles. The largest absolute Gasteiger partial charge is 0.416 e. The highest BCUT2D eigenvalue weighted by molar-refractivity contribution is 6.13. The number of pyridine rings is 1. The number of anilines is 2. The van der Waals surface area contributed by atoms with E-state index in [4.69, 9.17) is 0 Å². The third-order valence-corrected chi connectivity index (χ3v) is 5.34. The minimum absolute atomic E-state index is 0.0242. The summed E-state index contributed by atoms with van der Waals surface area (Å²) in [5, 5.41) is 6.95. The number of hydrogen-bond acceptors (Lipinski definition) is 4. The molecule has 1 aliphatic heterocycles. The second kappa shape index (κ2) is 7.77. The molecule has 1 aromatic carbocycles. The number of benzene rings is 1. The Morgan fingerprint density at radius 3 is 2.59 bits per heavy atom. The van der Waals surface area contributed by atoms with Gasteiger partial charge < -0.3 is 10.2 Å². The van der Waals surface area contributed by atoms with Crippen LogP contribution in [0.2, 0.25) is 0 Å². The summed E-state index contributed by atoms with van der Waals surface area (Å²) in [6.45, 7) is 5.18. The average Bonchev–Trinajstić information content (AvgIpc) is 3.14. The molecule has 4 rings (SSSR count). The maximum atomic E-state index is 13.3. The van der Waals surface area contributed by atoms with Crippen molar-refractivity contribution in [3.63, 3.8) is 0 Å². The molecule has 0 fully saturated rings. The summed E-state index contributed by atoms with van der Waals surface area (Å²) in [7, 11) is 0. The molecule has 2 amide bonds. The molecule has 1 atom stereocenters. The number of nitrogens with zero attached hydrogens (tertiary/aromatic N) is 4. The first-order chi connectivity index (χ1) is 15.1. The Balaban J connectivity index is 1.66. The summed E-state index contributed by atoms with van der Waals surface area (Å²) in [5.41, 5.74) is 1.07. The zero-order chi connectivity index (χ0) is 23.2. The van der Waals surface area contributed by atoms with Crippen LogP contribution in [-0.4, -0.2) is 33.1 Å². The predicted octanol–water partition coefficient (Wildman–Crippen LogP) is 4.39. The molecule has 1 N–H and O–H groups in total. The van der Waals surface area contributed by atoms with Crippen molar-refractivity contribution in [3.8, 4) is 0 Å². The minimum atomic E-state index is -4.47. The summed E-state index contributed by atoms with van der Waals surface area (Å²) in [6.07, 6.45) is -1.56. The second-order valence-corrected chi connectivity index (χ2v) is 7.75. The summed E-state index contributed by atoms with van der Waals surface area (Å²) in [5.74, 6) is -0.879. The van der Waals surface area contributed by atoms with Gasteiger partial charge in [-0.25, -0.2) is 0 Å². The smallest absolute Gasteiger partial charge is 0.319 e. The third kappa shape index (κ3) is 3.83. The van der Waals surface area contributed by atoms with Crippen molar-refractivity contribution in [1.82, 2.24) is 14.8 Å². The highest BCUT2D eigenvalue weighted by Crippen LogP contribution is 2.35. The lowest BCUT2D eigenvalue weighted by Gasteiger charge is -2.32. The van der Waals surface area contributed by atoms with Crippen LogP contribution >= 0.6 is 0 Å². The lowest BCUT2D eigenvalue weighted by molar-refractivity contribution is -0.138. The molecule has 0 saturated carbocycles. The maximum Gasteiger partial charge on any atom is 0.416 e. The molecular weight excluding hydrogens is 423 g/mol. The zero-order valence-electron chi connectivity index (χ0n) is 17.6. The Morgan fingerprint density at radius 1 is 1.19 bits per heavy atom. The van der Waals surface area contributed by atoms with Gasteiger partial charge >= 0.3 is 6.18 Å². The van der Waals surface area contributed by atoms with E-state index in [1.807, 2.05) is 6.92 Å². The zero-order valence-corrected chi connectivity index (χ0v) is 17.6. The van der Waals surface area contributed by atoms with Crippen LogP contribution in [0.15, 0.2) is 42.7 Å². The number of amides is 2. The molecule has 1 aliphatic rings. The van der Waals surface area contributed by atoms with Gasteiger partial charge in [-0.15, -0.1) is 0 Å². The van der Waals surface area contributed by atoms with Crippen LogP contribution in [0.1, 0.15) is 50.6 Å². The maximum absolute atomic E-state index is 13.3. The highest BCUT2D eigenvalue weighted by atomic mass is 19.4. The summed E-state index contributed by atoms with van der Waals surface area (Å²) in [6, 6.07) is 6.52. The number of carbonyl (C=O) groups excluding carboxylic acids is 2. The molecule has 0 bridgehead atoms. The molecule has 0 aliphatic carbocycles. The molecule has 10 heteroatoms. The van der Waals surface area contributed by atoms with Crippen LogP contribution in [0.5, 0.6) is 0 Å². The molecular formula is C22H20F3N5O2. The fourth-order valence-corrected chi connectivity index (χ4v) is 3.79. The van der Waals surface area contributed by atoms with Gasteiger partial charge in [0.15, 0.2) is 5.69 Å². The van der Waals surface area contributed by atoms with Crippen molar-refractivity contribution in [2.24, 2.45) is 0 Å². The van der Waals surface area contributed by atoms with E-state index < -0.39 is 23.6 Å². The highest BCUT2D eigenvalue weighted by Gasteiger charge is 2.36. The number of aryl methyl sites for hydroxylation is 2. The number of fused-ring (bicyclic) bond motifs is 1. The summed E-state index contributed by atoms with van der Waals surface area (Å²) < 4.78 is 40.9. The Hall–Kier alpha value is -3.69. The lowest BCUT2D eigenvalue weighted by atomic mass is 10.1. The van der Waals surface area contributed by atoms with Gasteiger partial charge in [-0.05, 0) is 56.7 Å². The fourth-order valence-electron chi connectivity index (χ4n) is 3.79. The first-order valence-corrected chi connectivity index (χ1v) is 9.87. The minimum Gasteiger partial charge on any atom is -0.319 e. The summed E-state index contributed by atoms with van der Waals surface area (Å²) >= 11 is 0. The Labute approximate surface area is 181 Å². The molecule has 32 heavy (non-hydrogen) atoms. The number of halogens is 3. The Morgan fingerprint density at radius 2 is 1.94 bits per heavy atom. The summed E-state index contributed by atoms with van der Waals surface area (Å²) in [4.78, 5) is 31.4. The van der Waals surface area contributed by atoms with Crippen molar-refractivity contribution in [2.75, 3.05) is 16.8 Å². The van der Waals surface area contributed by atoms with Gasteiger partial charge in [-0.1, -0.05) is 0 Å². The van der Waals surface area contributed by atoms with Crippen molar-refractivity contribution in [1.29, 1.82) is 0 Å².